The Morgan fingerprint density at radius 3 is 2.20 bits per heavy atom. The minimum Gasteiger partial charge on any atom is -0.350 e. The molecule has 1 aromatic carbocycles. The molecule has 2 atom stereocenters. The van der Waals surface area contributed by atoms with Crippen molar-refractivity contribution in [3.63, 3.8) is 0 Å². The maximum atomic E-state index is 13.4. The van der Waals surface area contributed by atoms with Gasteiger partial charge in [-0.25, -0.2) is 0 Å². The molecule has 0 saturated heterocycles. The molecule has 1 unspecified atom stereocenters. The predicted molar refractivity (Wildman–Crippen MR) is 187 cm³/mol. The van der Waals surface area contributed by atoms with Gasteiger partial charge in [-0.2, -0.15) is 0 Å². The van der Waals surface area contributed by atoms with Crippen molar-refractivity contribution in [3.8, 4) is 12.3 Å². The number of allylic oxidation sites excluding steroid dienone is 1. The van der Waals surface area contributed by atoms with Gasteiger partial charge in [-0.3, -0.25) is 14.4 Å². The molecule has 0 bridgehead atoms. The van der Waals surface area contributed by atoms with Crippen LogP contribution in [0.5, 0.6) is 0 Å². The Bertz CT molecular complexity index is 1050. The van der Waals surface area contributed by atoms with Crippen LogP contribution in [0.1, 0.15) is 97.5 Å². The lowest BCUT2D eigenvalue weighted by Gasteiger charge is -2.23. The van der Waals surface area contributed by atoms with Crippen LogP contribution in [0.4, 0.5) is 0 Å². The number of nitrogens with zero attached hydrogens (tertiary/aromatic N) is 2. The first-order valence-electron chi connectivity index (χ1n) is 17.1. The number of hydrogen-bond donors (Lipinski definition) is 2. The molecule has 252 valence electrons. The summed E-state index contributed by atoms with van der Waals surface area (Å²) in [6.07, 6.45) is 18.8. The molecule has 7 heteroatoms. The van der Waals surface area contributed by atoms with E-state index in [1.165, 1.54) is 38.2 Å². The molecule has 1 fully saturated rings. The minimum atomic E-state index is -0.653. The Labute approximate surface area is 275 Å². The van der Waals surface area contributed by atoms with E-state index in [4.69, 9.17) is 6.42 Å². The van der Waals surface area contributed by atoms with E-state index in [-0.39, 0.29) is 18.0 Å². The van der Waals surface area contributed by atoms with Crippen LogP contribution in [-0.4, -0.2) is 68.3 Å². The normalized spacial score (nSPS) is 15.0. The fourth-order valence-corrected chi connectivity index (χ4v) is 5.44. The van der Waals surface area contributed by atoms with Gasteiger partial charge in [-0.05, 0) is 56.7 Å². The molecule has 45 heavy (non-hydrogen) atoms. The Balaban J connectivity index is 0.00000126. The van der Waals surface area contributed by atoms with Crippen LogP contribution in [0, 0.1) is 36.0 Å². The lowest BCUT2D eigenvalue weighted by Crippen LogP contribution is -2.41. The van der Waals surface area contributed by atoms with Gasteiger partial charge < -0.3 is 20.4 Å². The van der Waals surface area contributed by atoms with Crippen LogP contribution in [0.15, 0.2) is 42.1 Å². The van der Waals surface area contributed by atoms with Crippen LogP contribution in [-0.2, 0) is 20.8 Å². The Morgan fingerprint density at radius 1 is 1.00 bits per heavy atom. The summed E-state index contributed by atoms with van der Waals surface area (Å²) in [5.41, 5.74) is 0.971. The quantitative estimate of drug-likeness (QED) is 0.155. The van der Waals surface area contributed by atoms with Gasteiger partial charge in [0.1, 0.15) is 5.70 Å². The van der Waals surface area contributed by atoms with Crippen molar-refractivity contribution in [3.05, 3.63) is 47.7 Å². The Kier molecular flexibility index (Phi) is 20.6. The minimum absolute atomic E-state index is 0.0306. The molecule has 2 rings (SSSR count). The Morgan fingerprint density at radius 2 is 1.67 bits per heavy atom. The molecule has 7 nitrogen and oxygen atoms in total. The molecule has 0 spiro atoms. The third-order valence-electron chi connectivity index (χ3n) is 8.45. The lowest BCUT2D eigenvalue weighted by molar-refractivity contribution is -0.135. The van der Waals surface area contributed by atoms with Gasteiger partial charge in [0.15, 0.2) is 0 Å². The molecule has 2 N–H and O–H groups in total. The molecule has 0 aromatic heterocycles. The fraction of sp³-hybridized carbons (Fsp3) is 0.658. The standard InChI is InChI=1S/C31H48N4O3.C7H14/c1-8-13-26(18-17-24(3)4)23-32-31(38)28(14-9-2)33-30(37)27(21-25-15-11-10-12-16-25)22-29(36)35(7)20-19-34(5)6;1-7-5-3-2-4-6-7/h2,10-12,14-16,24,26-27H,8,13,17-23H2,1,3-7H3,(H,32,38)(H,33,37);7H,2-6H2,1H3/b28-14+;/t26?,27-;/m1./s1. The summed E-state index contributed by atoms with van der Waals surface area (Å²) in [5.74, 6) is 2.79. The van der Waals surface area contributed by atoms with Crippen molar-refractivity contribution < 1.29 is 14.4 Å². The number of carbonyl (C=O) groups excluding carboxylic acids is 3. The van der Waals surface area contributed by atoms with Crippen LogP contribution >= 0.6 is 0 Å². The molecule has 0 heterocycles. The second kappa shape index (κ2) is 23.3. The lowest BCUT2D eigenvalue weighted by atomic mass is 9.91. The zero-order valence-electron chi connectivity index (χ0n) is 29.4. The summed E-state index contributed by atoms with van der Waals surface area (Å²) in [5, 5.41) is 5.69. The summed E-state index contributed by atoms with van der Waals surface area (Å²) < 4.78 is 0. The molecule has 1 aliphatic carbocycles. The van der Waals surface area contributed by atoms with Crippen molar-refractivity contribution in [2.45, 2.75) is 98.3 Å². The SMILES string of the molecule is C#C/C=C(/NC(=O)[C@@H](CC(=O)N(C)CCN(C)C)Cc1ccccc1)C(=O)NCC(CCC)CCC(C)C.CC1CCCCC1. The van der Waals surface area contributed by atoms with Crippen molar-refractivity contribution in [1.29, 1.82) is 0 Å². The number of likely N-dealkylation sites (N-methyl/N-ethyl adjacent to an activating group) is 2. The van der Waals surface area contributed by atoms with Gasteiger partial charge >= 0.3 is 0 Å². The van der Waals surface area contributed by atoms with Crippen molar-refractivity contribution >= 4 is 17.7 Å². The van der Waals surface area contributed by atoms with Gasteiger partial charge in [-0.1, -0.05) is 109 Å². The first-order valence-corrected chi connectivity index (χ1v) is 17.1. The number of rotatable bonds is 17. The van der Waals surface area contributed by atoms with E-state index in [1.54, 1.807) is 11.9 Å². The summed E-state index contributed by atoms with van der Waals surface area (Å²) >= 11 is 0. The highest BCUT2D eigenvalue weighted by Gasteiger charge is 2.26. The molecule has 3 amide bonds. The summed E-state index contributed by atoms with van der Waals surface area (Å²) in [7, 11) is 5.64. The largest absolute Gasteiger partial charge is 0.350 e. The van der Waals surface area contributed by atoms with Crippen molar-refractivity contribution in [2.24, 2.45) is 23.7 Å². The molecular formula is C38H62N4O3. The number of terminal acetylenes is 1. The van der Waals surface area contributed by atoms with E-state index in [1.807, 2.05) is 49.3 Å². The highest BCUT2D eigenvalue weighted by Crippen LogP contribution is 2.22. The third-order valence-corrected chi connectivity index (χ3v) is 8.45. The summed E-state index contributed by atoms with van der Waals surface area (Å²) in [4.78, 5) is 43.0. The van der Waals surface area contributed by atoms with Gasteiger partial charge in [0.05, 0.1) is 5.92 Å². The third kappa shape index (κ3) is 18.5. The van der Waals surface area contributed by atoms with Crippen LogP contribution in [0.3, 0.4) is 0 Å². The second-order valence-corrected chi connectivity index (χ2v) is 13.5. The first kappa shape index (κ1) is 39.9. The number of nitrogens with one attached hydrogen (secondary N) is 2. The molecule has 0 aliphatic heterocycles. The van der Waals surface area contributed by atoms with Crippen LogP contribution < -0.4 is 10.6 Å². The number of benzene rings is 1. The van der Waals surface area contributed by atoms with E-state index in [2.05, 4.69) is 44.2 Å². The van der Waals surface area contributed by atoms with E-state index in [9.17, 15) is 14.4 Å². The molecule has 1 saturated carbocycles. The zero-order chi connectivity index (χ0) is 33.6. The van der Waals surface area contributed by atoms with E-state index >= 15 is 0 Å². The van der Waals surface area contributed by atoms with Crippen LogP contribution in [0.2, 0.25) is 0 Å². The van der Waals surface area contributed by atoms with E-state index in [0.29, 0.717) is 31.3 Å². The molecular weight excluding hydrogens is 560 g/mol. The van der Waals surface area contributed by atoms with E-state index < -0.39 is 17.7 Å². The van der Waals surface area contributed by atoms with Crippen molar-refractivity contribution in [1.82, 2.24) is 20.4 Å². The summed E-state index contributed by atoms with van der Waals surface area (Å²) in [6, 6.07) is 9.56. The average molecular weight is 623 g/mol. The predicted octanol–water partition coefficient (Wildman–Crippen LogP) is 6.44. The monoisotopic (exact) mass is 622 g/mol. The summed E-state index contributed by atoms with van der Waals surface area (Å²) in [6.45, 7) is 10.7. The number of hydrogen-bond acceptors (Lipinski definition) is 4. The highest BCUT2D eigenvalue weighted by molar-refractivity contribution is 5.99. The molecule has 1 aromatic rings. The Hall–Kier alpha value is -3.11. The second-order valence-electron chi connectivity index (χ2n) is 13.5. The van der Waals surface area contributed by atoms with Crippen LogP contribution in [0.25, 0.3) is 0 Å². The smallest absolute Gasteiger partial charge is 0.268 e. The molecule has 1 aliphatic rings. The maximum absolute atomic E-state index is 13.4. The topological polar surface area (TPSA) is 81.8 Å². The number of amides is 3. The van der Waals surface area contributed by atoms with Gasteiger partial charge in [0, 0.05) is 39.2 Å². The molecule has 0 radical (unpaired) electrons. The number of carbonyl (C=O) groups is 3. The first-order chi connectivity index (χ1) is 21.5. The highest BCUT2D eigenvalue weighted by atomic mass is 16.2. The van der Waals surface area contributed by atoms with Gasteiger partial charge in [0.25, 0.3) is 5.91 Å². The zero-order valence-corrected chi connectivity index (χ0v) is 29.4. The van der Waals surface area contributed by atoms with Gasteiger partial charge in [0.2, 0.25) is 11.8 Å². The van der Waals surface area contributed by atoms with E-state index in [0.717, 1.165) is 43.7 Å². The maximum Gasteiger partial charge on any atom is 0.268 e. The van der Waals surface area contributed by atoms with Gasteiger partial charge in [-0.15, -0.1) is 6.42 Å². The van der Waals surface area contributed by atoms with Crippen molar-refractivity contribution in [2.75, 3.05) is 40.8 Å². The average Bonchev–Trinajstić information content (AvgIpc) is 3.01. The fourth-order valence-electron chi connectivity index (χ4n) is 5.44.